The summed E-state index contributed by atoms with van der Waals surface area (Å²) in [6, 6.07) is 14.5. The molecule has 4 rings (SSSR count). The Hall–Kier alpha value is -2.80. The standard InChI is InChI=1S/C24H28F2N4O/c1-17(22-28-20-7-3-4-8-21(20)30(22)24(25)26)15-27-23(31)19-11-9-18(10-12-19)16-29-13-5-2-6-14-29/h3-4,7-12,17,24H,2,5-6,13-16H2,1H3,(H,27,31). The number of imidazole rings is 1. The Balaban J connectivity index is 1.38. The Kier molecular flexibility index (Phi) is 6.61. The maximum absolute atomic E-state index is 13.7. The van der Waals surface area contributed by atoms with Crippen molar-refractivity contribution < 1.29 is 13.6 Å². The van der Waals surface area contributed by atoms with Gasteiger partial charge in [-0.2, -0.15) is 8.78 Å². The van der Waals surface area contributed by atoms with Gasteiger partial charge in [-0.25, -0.2) is 4.98 Å². The molecule has 31 heavy (non-hydrogen) atoms. The first-order valence-electron chi connectivity index (χ1n) is 10.9. The smallest absolute Gasteiger partial charge is 0.320 e. The third-order valence-electron chi connectivity index (χ3n) is 5.90. The van der Waals surface area contributed by atoms with Gasteiger partial charge in [0.05, 0.1) is 11.0 Å². The quantitative estimate of drug-likeness (QED) is 0.582. The fourth-order valence-electron chi connectivity index (χ4n) is 4.19. The summed E-state index contributed by atoms with van der Waals surface area (Å²) in [5, 5.41) is 2.86. The molecule has 7 heteroatoms. The summed E-state index contributed by atoms with van der Waals surface area (Å²) in [6.07, 6.45) is 3.80. The predicted octanol–water partition coefficient (Wildman–Crippen LogP) is 4.95. The number of halogens is 2. The number of hydrogen-bond acceptors (Lipinski definition) is 3. The molecule has 0 radical (unpaired) electrons. The molecule has 1 atom stereocenters. The van der Waals surface area contributed by atoms with Crippen LogP contribution in [0.4, 0.5) is 8.78 Å². The lowest BCUT2D eigenvalue weighted by atomic mass is 10.1. The van der Waals surface area contributed by atoms with E-state index in [1.165, 1.54) is 24.8 Å². The number of carbonyl (C=O) groups is 1. The molecule has 5 nitrogen and oxygen atoms in total. The lowest BCUT2D eigenvalue weighted by Crippen LogP contribution is -2.29. The summed E-state index contributed by atoms with van der Waals surface area (Å²) in [5.41, 5.74) is 2.68. The minimum Gasteiger partial charge on any atom is -0.351 e. The highest BCUT2D eigenvalue weighted by Gasteiger charge is 2.22. The minimum absolute atomic E-state index is 0.212. The van der Waals surface area contributed by atoms with Crippen LogP contribution in [0.3, 0.4) is 0 Å². The second kappa shape index (κ2) is 9.56. The van der Waals surface area contributed by atoms with Gasteiger partial charge in [0.2, 0.25) is 0 Å². The van der Waals surface area contributed by atoms with E-state index in [1.54, 1.807) is 31.2 Å². The van der Waals surface area contributed by atoms with Gasteiger partial charge in [-0.15, -0.1) is 0 Å². The third-order valence-corrected chi connectivity index (χ3v) is 5.90. The molecule has 1 aromatic heterocycles. The molecule has 0 spiro atoms. The number of fused-ring (bicyclic) bond motifs is 1. The number of piperidine rings is 1. The number of carbonyl (C=O) groups excluding carboxylic acids is 1. The van der Waals surface area contributed by atoms with Gasteiger partial charge in [0.25, 0.3) is 5.91 Å². The normalized spacial score (nSPS) is 16.0. The van der Waals surface area contributed by atoms with Crippen molar-refractivity contribution in [1.29, 1.82) is 0 Å². The van der Waals surface area contributed by atoms with Gasteiger partial charge in [0, 0.05) is 24.6 Å². The molecule has 3 aromatic rings. The van der Waals surface area contributed by atoms with Crippen molar-refractivity contribution >= 4 is 16.9 Å². The molecule has 0 bridgehead atoms. The molecule has 1 saturated heterocycles. The van der Waals surface area contributed by atoms with Crippen molar-refractivity contribution in [3.05, 3.63) is 65.5 Å². The van der Waals surface area contributed by atoms with Crippen molar-refractivity contribution in [3.8, 4) is 0 Å². The number of aromatic nitrogens is 2. The van der Waals surface area contributed by atoms with Crippen LogP contribution in [0.2, 0.25) is 0 Å². The molecule has 1 aliphatic rings. The highest BCUT2D eigenvalue weighted by molar-refractivity contribution is 5.94. The molecule has 0 aliphatic carbocycles. The van der Waals surface area contributed by atoms with Crippen LogP contribution in [0.15, 0.2) is 48.5 Å². The number of benzene rings is 2. The Labute approximate surface area is 181 Å². The van der Waals surface area contributed by atoms with E-state index in [0.717, 1.165) is 24.2 Å². The topological polar surface area (TPSA) is 50.2 Å². The number of alkyl halides is 2. The van der Waals surface area contributed by atoms with E-state index in [9.17, 15) is 13.6 Å². The molecule has 2 heterocycles. The Morgan fingerprint density at radius 1 is 1.06 bits per heavy atom. The molecule has 1 N–H and O–H groups in total. The van der Waals surface area contributed by atoms with Crippen molar-refractivity contribution in [1.82, 2.24) is 19.8 Å². The van der Waals surface area contributed by atoms with Crippen LogP contribution in [0.25, 0.3) is 11.0 Å². The average Bonchev–Trinajstić information content (AvgIpc) is 3.18. The van der Waals surface area contributed by atoms with Gasteiger partial charge in [0.15, 0.2) is 0 Å². The highest BCUT2D eigenvalue weighted by Crippen LogP contribution is 2.27. The van der Waals surface area contributed by atoms with E-state index in [-0.39, 0.29) is 24.2 Å². The number of nitrogens with zero attached hydrogens (tertiary/aromatic N) is 3. The van der Waals surface area contributed by atoms with Gasteiger partial charge in [0.1, 0.15) is 5.82 Å². The van der Waals surface area contributed by atoms with Crippen LogP contribution < -0.4 is 5.32 Å². The third kappa shape index (κ3) is 4.93. The summed E-state index contributed by atoms with van der Waals surface area (Å²) in [7, 11) is 0. The average molecular weight is 427 g/mol. The maximum Gasteiger partial charge on any atom is 0.320 e. The van der Waals surface area contributed by atoms with Crippen molar-refractivity contribution in [2.24, 2.45) is 0 Å². The van der Waals surface area contributed by atoms with E-state index in [2.05, 4.69) is 15.2 Å². The monoisotopic (exact) mass is 426 g/mol. The van der Waals surface area contributed by atoms with Crippen molar-refractivity contribution in [2.45, 2.75) is 45.2 Å². The van der Waals surface area contributed by atoms with Crippen LogP contribution in [-0.4, -0.2) is 40.0 Å². The van der Waals surface area contributed by atoms with E-state index in [1.807, 2.05) is 24.3 Å². The molecule has 164 valence electrons. The second-order valence-corrected chi connectivity index (χ2v) is 8.25. The van der Waals surface area contributed by atoms with Gasteiger partial charge in [-0.1, -0.05) is 37.6 Å². The zero-order valence-electron chi connectivity index (χ0n) is 17.7. The molecule has 1 aliphatic heterocycles. The number of hydrogen-bond donors (Lipinski definition) is 1. The van der Waals surface area contributed by atoms with Gasteiger partial charge < -0.3 is 5.32 Å². The maximum atomic E-state index is 13.7. The number of amides is 1. The Bertz CT molecular complexity index is 1030. The van der Waals surface area contributed by atoms with E-state index < -0.39 is 6.55 Å². The van der Waals surface area contributed by atoms with Crippen LogP contribution in [0.1, 0.15) is 60.4 Å². The van der Waals surface area contributed by atoms with Crippen molar-refractivity contribution in [3.63, 3.8) is 0 Å². The molecule has 1 fully saturated rings. The SMILES string of the molecule is CC(CNC(=O)c1ccc(CN2CCCCC2)cc1)c1nc2ccccc2n1C(F)F. The van der Waals surface area contributed by atoms with Gasteiger partial charge >= 0.3 is 6.55 Å². The second-order valence-electron chi connectivity index (χ2n) is 8.25. The van der Waals surface area contributed by atoms with E-state index >= 15 is 0 Å². The molecule has 0 saturated carbocycles. The Morgan fingerprint density at radius 2 is 1.77 bits per heavy atom. The zero-order valence-corrected chi connectivity index (χ0v) is 17.7. The van der Waals surface area contributed by atoms with E-state index in [0.29, 0.717) is 16.6 Å². The van der Waals surface area contributed by atoms with E-state index in [4.69, 9.17) is 0 Å². The summed E-state index contributed by atoms with van der Waals surface area (Å²) in [5.74, 6) is -0.298. The van der Waals surface area contributed by atoms with Crippen LogP contribution in [0, 0.1) is 0 Å². The summed E-state index contributed by atoms with van der Waals surface area (Å²) < 4.78 is 28.3. The lowest BCUT2D eigenvalue weighted by Gasteiger charge is -2.26. The largest absolute Gasteiger partial charge is 0.351 e. The van der Waals surface area contributed by atoms with Crippen LogP contribution in [0.5, 0.6) is 0 Å². The van der Waals surface area contributed by atoms with Crippen LogP contribution >= 0.6 is 0 Å². The molecular weight excluding hydrogens is 398 g/mol. The molecule has 1 amide bonds. The first-order chi connectivity index (χ1) is 15.0. The fraction of sp³-hybridized carbons (Fsp3) is 0.417. The number of nitrogens with one attached hydrogen (secondary N) is 1. The lowest BCUT2D eigenvalue weighted by molar-refractivity contribution is 0.0704. The summed E-state index contributed by atoms with van der Waals surface area (Å²) in [6.45, 7) is 2.50. The molecule has 2 aromatic carbocycles. The number of para-hydroxylation sites is 2. The van der Waals surface area contributed by atoms with Gasteiger partial charge in [-0.05, 0) is 55.8 Å². The van der Waals surface area contributed by atoms with Crippen LogP contribution in [-0.2, 0) is 6.54 Å². The minimum atomic E-state index is -2.69. The number of rotatable bonds is 7. The van der Waals surface area contributed by atoms with Crippen molar-refractivity contribution in [2.75, 3.05) is 19.6 Å². The fourth-order valence-corrected chi connectivity index (χ4v) is 4.19. The first-order valence-corrected chi connectivity index (χ1v) is 10.9. The molecule has 1 unspecified atom stereocenters. The number of likely N-dealkylation sites (tertiary alicyclic amines) is 1. The zero-order chi connectivity index (χ0) is 21.8. The first kappa shape index (κ1) is 21.4. The molecular formula is C24H28F2N4O. The highest BCUT2D eigenvalue weighted by atomic mass is 19.3. The predicted molar refractivity (Wildman–Crippen MR) is 117 cm³/mol. The summed E-state index contributed by atoms with van der Waals surface area (Å²) >= 11 is 0. The Morgan fingerprint density at radius 3 is 2.48 bits per heavy atom. The summed E-state index contributed by atoms with van der Waals surface area (Å²) in [4.78, 5) is 19.4. The van der Waals surface area contributed by atoms with Gasteiger partial charge in [-0.3, -0.25) is 14.3 Å².